The van der Waals surface area contributed by atoms with Gasteiger partial charge >= 0.3 is 0 Å². The van der Waals surface area contributed by atoms with Crippen LogP contribution in [0, 0.1) is 12.8 Å². The summed E-state index contributed by atoms with van der Waals surface area (Å²) in [5, 5.41) is 3.02. The van der Waals surface area contributed by atoms with Crippen LogP contribution >= 0.6 is 0 Å². The highest BCUT2D eigenvalue weighted by Crippen LogP contribution is 2.14. The molecule has 0 saturated carbocycles. The molecule has 0 aromatic heterocycles. The van der Waals surface area contributed by atoms with Gasteiger partial charge in [-0.1, -0.05) is 77.1 Å². The van der Waals surface area contributed by atoms with Crippen LogP contribution < -0.4 is 5.32 Å². The minimum atomic E-state index is 0.552. The van der Waals surface area contributed by atoms with Gasteiger partial charge in [0.15, 0.2) is 0 Å². The molecule has 0 spiro atoms. The van der Waals surface area contributed by atoms with Crippen molar-refractivity contribution in [2.24, 2.45) is 0 Å². The lowest BCUT2D eigenvalue weighted by molar-refractivity contribution is 0.213. The van der Waals surface area contributed by atoms with Crippen LogP contribution in [-0.4, -0.2) is 37.6 Å². The van der Waals surface area contributed by atoms with Crippen molar-refractivity contribution in [3.05, 3.63) is 48.0 Å². The molecule has 0 amide bonds. The second kappa shape index (κ2) is 25.4. The zero-order valence-electron chi connectivity index (χ0n) is 19.9. The van der Waals surface area contributed by atoms with Crippen molar-refractivity contribution in [1.29, 1.82) is 0 Å². The average Bonchev–Trinajstić information content (AvgIpc) is 2.73. The van der Waals surface area contributed by atoms with E-state index in [1.807, 2.05) is 20.9 Å². The number of nitrogens with zero attached hydrogens (tertiary/aromatic N) is 1. The van der Waals surface area contributed by atoms with Gasteiger partial charge < -0.3 is 5.32 Å². The van der Waals surface area contributed by atoms with Crippen molar-refractivity contribution in [2.45, 2.75) is 79.7 Å². The van der Waals surface area contributed by atoms with Gasteiger partial charge in [-0.2, -0.15) is 0 Å². The lowest BCUT2D eigenvalue weighted by atomic mass is 10.0. The van der Waals surface area contributed by atoms with Crippen LogP contribution in [0.5, 0.6) is 0 Å². The first-order valence-corrected chi connectivity index (χ1v) is 11.0. The van der Waals surface area contributed by atoms with E-state index < -0.39 is 0 Å². The maximum Gasteiger partial charge on any atom is 0.0299 e. The molecule has 1 rings (SSSR count). The molecule has 0 fully saturated rings. The molecule has 0 radical (unpaired) electrons. The Bertz CT molecular complexity index is 434. The minimum Gasteiger partial charge on any atom is -0.320 e. The summed E-state index contributed by atoms with van der Waals surface area (Å²) in [5.41, 5.74) is 2.75. The highest BCUT2D eigenvalue weighted by atomic mass is 15.1. The first-order valence-electron chi connectivity index (χ1n) is 11.0. The molecule has 0 bridgehead atoms. The molecule has 1 atom stereocenters. The molecule has 0 aliphatic heterocycles. The zero-order chi connectivity index (χ0) is 22.2. The van der Waals surface area contributed by atoms with E-state index in [1.165, 1.54) is 56.3 Å². The van der Waals surface area contributed by atoms with Crippen molar-refractivity contribution in [3.8, 4) is 12.8 Å². The number of hydrogen-bond acceptors (Lipinski definition) is 2. The van der Waals surface area contributed by atoms with E-state index in [9.17, 15) is 0 Å². The number of hydrogen-bond donors (Lipinski definition) is 1. The van der Waals surface area contributed by atoms with E-state index in [-0.39, 0.29) is 0 Å². The fraction of sp³-hybridized carbons (Fsp3) is 0.615. The van der Waals surface area contributed by atoms with Crippen molar-refractivity contribution in [2.75, 3.05) is 26.7 Å². The monoisotopic (exact) mass is 388 g/mol. The predicted octanol–water partition coefficient (Wildman–Crippen LogP) is 6.58. The maximum atomic E-state index is 4.15. The molecule has 0 saturated heterocycles. The molecular weight excluding hydrogens is 340 g/mol. The fourth-order valence-electron chi connectivity index (χ4n) is 3.01. The van der Waals surface area contributed by atoms with Gasteiger partial charge in [0.2, 0.25) is 0 Å². The average molecular weight is 389 g/mol. The van der Waals surface area contributed by atoms with Gasteiger partial charge in [0, 0.05) is 6.04 Å². The Balaban J connectivity index is -0.000000590. The van der Waals surface area contributed by atoms with Crippen molar-refractivity contribution >= 4 is 0 Å². The molecule has 2 nitrogen and oxygen atoms in total. The summed E-state index contributed by atoms with van der Waals surface area (Å²) >= 11 is 0. The van der Waals surface area contributed by atoms with Crippen LogP contribution in [-0.2, 0) is 6.42 Å². The number of nitrogens with one attached hydrogen (secondary N) is 1. The standard InChI is InChI=1S/C18H29N.C4H11N.C2H6.C2H2/c1-5-14-19(18(6-2)16(3)4)15-10-13-17-11-8-7-9-12-17;1-3-4-5-2;2*1-2/h7-9,11-12,18H,3,5-6,10,13-15H2,1-2,4H3;5H,3-4H2,1-2H3;1-2H3;1-2H/t18-;;;/m1.../s1. The Morgan fingerprint density at radius 2 is 1.61 bits per heavy atom. The van der Waals surface area contributed by atoms with Crippen LogP contribution in [0.2, 0.25) is 0 Å². The first-order chi connectivity index (χ1) is 13.6. The fourth-order valence-corrected chi connectivity index (χ4v) is 3.01. The van der Waals surface area contributed by atoms with Crippen LogP contribution in [0.1, 0.15) is 72.8 Å². The zero-order valence-corrected chi connectivity index (χ0v) is 19.9. The molecule has 1 aromatic rings. The lowest BCUT2D eigenvalue weighted by Crippen LogP contribution is -2.37. The van der Waals surface area contributed by atoms with E-state index in [2.05, 4.69) is 87.7 Å². The second-order valence-corrected chi connectivity index (χ2v) is 6.50. The van der Waals surface area contributed by atoms with E-state index in [0.717, 1.165) is 6.54 Å². The third kappa shape index (κ3) is 17.8. The Kier molecular flexibility index (Phi) is 28.3. The van der Waals surface area contributed by atoms with E-state index >= 15 is 0 Å². The largest absolute Gasteiger partial charge is 0.320 e. The molecule has 0 unspecified atom stereocenters. The molecule has 162 valence electrons. The first kappa shape index (κ1) is 31.1. The Morgan fingerprint density at radius 3 is 1.96 bits per heavy atom. The van der Waals surface area contributed by atoms with Gasteiger partial charge in [-0.05, 0) is 71.3 Å². The summed E-state index contributed by atoms with van der Waals surface area (Å²) in [6.07, 6.45) is 14.0. The normalized spacial score (nSPS) is 10.4. The molecule has 1 aromatic carbocycles. The van der Waals surface area contributed by atoms with Gasteiger partial charge in [0.05, 0.1) is 0 Å². The van der Waals surface area contributed by atoms with Gasteiger partial charge in [0.1, 0.15) is 0 Å². The van der Waals surface area contributed by atoms with Crippen molar-refractivity contribution in [1.82, 2.24) is 10.2 Å². The number of rotatable bonds is 11. The molecular formula is C26H48N2. The summed E-state index contributed by atoms with van der Waals surface area (Å²) < 4.78 is 0. The van der Waals surface area contributed by atoms with Crippen molar-refractivity contribution < 1.29 is 0 Å². The van der Waals surface area contributed by atoms with Gasteiger partial charge in [-0.25, -0.2) is 0 Å². The number of terminal acetylenes is 1. The van der Waals surface area contributed by atoms with Gasteiger partial charge in [0.25, 0.3) is 0 Å². The number of aryl methyl sites for hydroxylation is 1. The van der Waals surface area contributed by atoms with Crippen molar-refractivity contribution in [3.63, 3.8) is 0 Å². The third-order valence-corrected chi connectivity index (χ3v) is 4.16. The highest BCUT2D eigenvalue weighted by Gasteiger charge is 2.15. The van der Waals surface area contributed by atoms with E-state index in [0.29, 0.717) is 6.04 Å². The summed E-state index contributed by atoms with van der Waals surface area (Å²) in [7, 11) is 1.96. The van der Waals surface area contributed by atoms with Crippen LogP contribution in [0.4, 0.5) is 0 Å². The predicted molar refractivity (Wildman–Crippen MR) is 131 cm³/mol. The number of benzene rings is 1. The smallest absolute Gasteiger partial charge is 0.0299 e. The Morgan fingerprint density at radius 1 is 1.04 bits per heavy atom. The minimum absolute atomic E-state index is 0.552. The summed E-state index contributed by atoms with van der Waals surface area (Å²) in [6, 6.07) is 11.3. The SMILES string of the molecule is C#C.C=C(C)[C@@H](CC)N(CCC)CCCc1ccccc1.CC.CCCNC. The van der Waals surface area contributed by atoms with Gasteiger partial charge in [-0.3, -0.25) is 4.90 Å². The van der Waals surface area contributed by atoms with Crippen LogP contribution in [0.3, 0.4) is 0 Å². The van der Waals surface area contributed by atoms with Crippen LogP contribution in [0.15, 0.2) is 42.5 Å². The summed E-state index contributed by atoms with van der Waals surface area (Å²) in [6.45, 7) is 20.5. The summed E-state index contributed by atoms with van der Waals surface area (Å²) in [5.74, 6) is 0. The van der Waals surface area contributed by atoms with Gasteiger partial charge in [-0.15, -0.1) is 12.8 Å². The summed E-state index contributed by atoms with van der Waals surface area (Å²) in [4.78, 5) is 2.60. The third-order valence-electron chi connectivity index (χ3n) is 4.16. The van der Waals surface area contributed by atoms with E-state index in [1.54, 1.807) is 0 Å². The van der Waals surface area contributed by atoms with Crippen LogP contribution in [0.25, 0.3) is 0 Å². The second-order valence-electron chi connectivity index (χ2n) is 6.50. The molecule has 28 heavy (non-hydrogen) atoms. The highest BCUT2D eigenvalue weighted by molar-refractivity contribution is 5.14. The Labute approximate surface area is 177 Å². The molecule has 0 heterocycles. The molecule has 1 N–H and O–H groups in total. The molecule has 2 heteroatoms. The molecule has 0 aliphatic rings. The Hall–Kier alpha value is -1.56. The van der Waals surface area contributed by atoms with E-state index in [4.69, 9.17) is 0 Å². The lowest BCUT2D eigenvalue weighted by Gasteiger charge is -2.31. The molecule has 0 aliphatic carbocycles. The maximum absolute atomic E-state index is 4.15. The topological polar surface area (TPSA) is 15.3 Å². The quantitative estimate of drug-likeness (QED) is 0.340.